The van der Waals surface area contributed by atoms with Gasteiger partial charge in [0.05, 0.1) is 5.69 Å². The Morgan fingerprint density at radius 1 is 1.00 bits per heavy atom. The Hall–Kier alpha value is -3.41. The number of piperidine rings is 1. The maximum atomic E-state index is 12.8. The predicted octanol–water partition coefficient (Wildman–Crippen LogP) is 4.03. The van der Waals surface area contributed by atoms with Crippen molar-refractivity contribution in [1.82, 2.24) is 19.7 Å². The number of para-hydroxylation sites is 2. The molecule has 0 atom stereocenters. The largest absolute Gasteiger partial charge is 0.440 e. The highest BCUT2D eigenvalue weighted by Gasteiger charge is 2.27. The number of nitrogens with zero attached hydrogens (tertiary/aromatic N) is 4. The van der Waals surface area contributed by atoms with Crippen molar-refractivity contribution in [2.24, 2.45) is 0 Å². The molecule has 0 bridgehead atoms. The average Bonchev–Trinajstić information content (AvgIpc) is 3.43. The van der Waals surface area contributed by atoms with Crippen LogP contribution in [0.3, 0.4) is 0 Å². The molecular weight excluding hydrogens is 352 g/mol. The van der Waals surface area contributed by atoms with Crippen LogP contribution in [0, 0.1) is 0 Å². The SMILES string of the molecule is O=C(c1ccc(-n2cccn2)cc1)N1CCC(c2nc3ccccc3o2)CC1. The van der Waals surface area contributed by atoms with Crippen molar-refractivity contribution in [3.05, 3.63) is 78.4 Å². The number of oxazole rings is 1. The number of hydrogen-bond acceptors (Lipinski definition) is 4. The van der Waals surface area contributed by atoms with Crippen molar-refractivity contribution < 1.29 is 9.21 Å². The predicted molar refractivity (Wildman–Crippen MR) is 105 cm³/mol. The molecule has 0 spiro atoms. The number of likely N-dealkylation sites (tertiary alicyclic amines) is 1. The lowest BCUT2D eigenvalue weighted by atomic mass is 9.96. The van der Waals surface area contributed by atoms with E-state index in [4.69, 9.17) is 4.42 Å². The Morgan fingerprint density at radius 2 is 1.79 bits per heavy atom. The van der Waals surface area contributed by atoms with Crippen molar-refractivity contribution in [3.63, 3.8) is 0 Å². The topological polar surface area (TPSA) is 64.2 Å². The molecular formula is C22H20N4O2. The number of carbonyl (C=O) groups excluding carboxylic acids is 1. The molecule has 28 heavy (non-hydrogen) atoms. The highest BCUT2D eigenvalue weighted by Crippen LogP contribution is 2.30. The molecule has 1 amide bonds. The van der Waals surface area contributed by atoms with E-state index in [9.17, 15) is 4.79 Å². The van der Waals surface area contributed by atoms with Gasteiger partial charge in [0.15, 0.2) is 11.5 Å². The second-order valence-corrected chi connectivity index (χ2v) is 7.08. The van der Waals surface area contributed by atoms with Crippen LogP contribution >= 0.6 is 0 Å². The minimum absolute atomic E-state index is 0.0723. The van der Waals surface area contributed by atoms with E-state index in [1.165, 1.54) is 0 Å². The van der Waals surface area contributed by atoms with Gasteiger partial charge < -0.3 is 9.32 Å². The summed E-state index contributed by atoms with van der Waals surface area (Å²) in [7, 11) is 0. The zero-order valence-electron chi connectivity index (χ0n) is 15.4. The van der Waals surface area contributed by atoms with Gasteiger partial charge in [-0.15, -0.1) is 0 Å². The van der Waals surface area contributed by atoms with Crippen LogP contribution in [0.1, 0.15) is 35.0 Å². The number of fused-ring (bicyclic) bond motifs is 1. The Kier molecular flexibility index (Phi) is 4.16. The molecule has 0 N–H and O–H groups in total. The van der Waals surface area contributed by atoms with Gasteiger partial charge in [-0.1, -0.05) is 12.1 Å². The number of aromatic nitrogens is 3. The van der Waals surface area contributed by atoms with E-state index in [2.05, 4.69) is 10.1 Å². The van der Waals surface area contributed by atoms with E-state index in [1.54, 1.807) is 10.9 Å². The number of benzene rings is 2. The highest BCUT2D eigenvalue weighted by molar-refractivity contribution is 5.94. The number of rotatable bonds is 3. The van der Waals surface area contributed by atoms with E-state index in [0.717, 1.165) is 35.5 Å². The second kappa shape index (κ2) is 6.96. The van der Waals surface area contributed by atoms with Crippen molar-refractivity contribution in [2.75, 3.05) is 13.1 Å². The Morgan fingerprint density at radius 3 is 2.50 bits per heavy atom. The fourth-order valence-corrected chi connectivity index (χ4v) is 3.76. The second-order valence-electron chi connectivity index (χ2n) is 7.08. The normalized spacial score (nSPS) is 15.2. The molecule has 0 radical (unpaired) electrons. The third-order valence-corrected chi connectivity index (χ3v) is 5.33. The van der Waals surface area contributed by atoms with Crippen LogP contribution < -0.4 is 0 Å². The molecule has 2 aromatic carbocycles. The minimum atomic E-state index is 0.0723. The fourth-order valence-electron chi connectivity index (χ4n) is 3.76. The molecule has 0 unspecified atom stereocenters. The summed E-state index contributed by atoms with van der Waals surface area (Å²) in [5, 5.41) is 4.21. The molecule has 1 fully saturated rings. The van der Waals surface area contributed by atoms with Crippen LogP contribution in [-0.4, -0.2) is 38.7 Å². The lowest BCUT2D eigenvalue weighted by Gasteiger charge is -2.30. The van der Waals surface area contributed by atoms with Crippen molar-refractivity contribution in [2.45, 2.75) is 18.8 Å². The maximum Gasteiger partial charge on any atom is 0.253 e. The quantitative estimate of drug-likeness (QED) is 0.545. The van der Waals surface area contributed by atoms with Gasteiger partial charge in [0.1, 0.15) is 5.52 Å². The molecule has 6 nitrogen and oxygen atoms in total. The van der Waals surface area contributed by atoms with Crippen LogP contribution in [0.2, 0.25) is 0 Å². The first kappa shape index (κ1) is 16.7. The van der Waals surface area contributed by atoms with Crippen molar-refractivity contribution >= 4 is 17.0 Å². The zero-order valence-corrected chi connectivity index (χ0v) is 15.4. The third kappa shape index (κ3) is 3.07. The first-order valence-electron chi connectivity index (χ1n) is 9.53. The standard InChI is InChI=1S/C22H20N4O2/c27-22(17-6-8-18(9-7-17)26-13-3-12-23-26)25-14-10-16(11-15-25)21-24-19-4-1-2-5-20(19)28-21/h1-9,12-13,16H,10-11,14-15H2. The molecule has 1 aliphatic rings. The third-order valence-electron chi connectivity index (χ3n) is 5.33. The molecule has 140 valence electrons. The summed E-state index contributed by atoms with van der Waals surface area (Å²) in [6.45, 7) is 1.42. The lowest BCUT2D eigenvalue weighted by molar-refractivity contribution is 0.0706. The molecule has 1 aliphatic heterocycles. The number of hydrogen-bond donors (Lipinski definition) is 0. The highest BCUT2D eigenvalue weighted by atomic mass is 16.3. The molecule has 4 aromatic rings. The van der Waals surface area contributed by atoms with Gasteiger partial charge in [0.2, 0.25) is 0 Å². The van der Waals surface area contributed by atoms with Crippen LogP contribution in [0.5, 0.6) is 0 Å². The van der Waals surface area contributed by atoms with E-state index >= 15 is 0 Å². The molecule has 0 aliphatic carbocycles. The summed E-state index contributed by atoms with van der Waals surface area (Å²) >= 11 is 0. The van der Waals surface area contributed by atoms with Gasteiger partial charge in [-0.25, -0.2) is 9.67 Å². The van der Waals surface area contributed by atoms with Crippen LogP contribution in [0.25, 0.3) is 16.8 Å². The van der Waals surface area contributed by atoms with Gasteiger partial charge in [-0.3, -0.25) is 4.79 Å². The molecule has 5 rings (SSSR count). The number of carbonyl (C=O) groups is 1. The fraction of sp³-hybridized carbons (Fsp3) is 0.227. The molecule has 3 heterocycles. The number of amides is 1. The van der Waals surface area contributed by atoms with Gasteiger partial charge in [-0.05, 0) is 55.3 Å². The molecule has 1 saturated heterocycles. The summed E-state index contributed by atoms with van der Waals surface area (Å²) in [6.07, 6.45) is 5.35. The lowest BCUT2D eigenvalue weighted by Crippen LogP contribution is -2.38. The van der Waals surface area contributed by atoms with Crippen LogP contribution in [0.15, 0.2) is 71.4 Å². The van der Waals surface area contributed by atoms with E-state index in [1.807, 2.05) is 65.7 Å². The van der Waals surface area contributed by atoms with Gasteiger partial charge in [0.25, 0.3) is 5.91 Å². The first-order valence-corrected chi connectivity index (χ1v) is 9.53. The summed E-state index contributed by atoms with van der Waals surface area (Å²) in [5.41, 5.74) is 3.37. The average molecular weight is 372 g/mol. The van der Waals surface area contributed by atoms with E-state index < -0.39 is 0 Å². The maximum absolute atomic E-state index is 12.8. The summed E-state index contributed by atoms with van der Waals surface area (Å²) in [4.78, 5) is 19.4. The Labute approximate surface area is 162 Å². The smallest absolute Gasteiger partial charge is 0.253 e. The van der Waals surface area contributed by atoms with E-state index in [0.29, 0.717) is 18.7 Å². The zero-order chi connectivity index (χ0) is 18.9. The summed E-state index contributed by atoms with van der Waals surface area (Å²) in [5.74, 6) is 1.12. The van der Waals surface area contributed by atoms with Crippen molar-refractivity contribution in [3.8, 4) is 5.69 Å². The van der Waals surface area contributed by atoms with Gasteiger partial charge in [0, 0.05) is 37.0 Å². The van der Waals surface area contributed by atoms with E-state index in [-0.39, 0.29) is 11.8 Å². The summed E-state index contributed by atoms with van der Waals surface area (Å²) < 4.78 is 7.69. The molecule has 2 aromatic heterocycles. The first-order chi connectivity index (χ1) is 13.8. The van der Waals surface area contributed by atoms with Crippen molar-refractivity contribution in [1.29, 1.82) is 0 Å². The van der Waals surface area contributed by atoms with Gasteiger partial charge in [-0.2, -0.15) is 5.10 Å². The minimum Gasteiger partial charge on any atom is -0.440 e. The van der Waals surface area contributed by atoms with Gasteiger partial charge >= 0.3 is 0 Å². The van der Waals surface area contributed by atoms with Crippen LogP contribution in [-0.2, 0) is 0 Å². The Balaban J connectivity index is 1.25. The summed E-state index contributed by atoms with van der Waals surface area (Å²) in [6, 6.07) is 17.3. The Bertz CT molecular complexity index is 1060. The van der Waals surface area contributed by atoms with Crippen LogP contribution in [0.4, 0.5) is 0 Å². The molecule has 6 heteroatoms. The molecule has 0 saturated carbocycles. The monoisotopic (exact) mass is 372 g/mol.